The van der Waals surface area contributed by atoms with Gasteiger partial charge in [-0.05, 0) is 45.0 Å². The van der Waals surface area contributed by atoms with E-state index in [9.17, 15) is 9.59 Å². The quantitative estimate of drug-likeness (QED) is 0.706. The van der Waals surface area contributed by atoms with Crippen LogP contribution in [-0.4, -0.2) is 41.2 Å². The lowest BCUT2D eigenvalue weighted by molar-refractivity contribution is -0.885. The molecule has 8 heteroatoms. The molecule has 1 aromatic heterocycles. The van der Waals surface area contributed by atoms with Crippen molar-refractivity contribution < 1.29 is 14.5 Å². The van der Waals surface area contributed by atoms with Gasteiger partial charge in [-0.1, -0.05) is 11.6 Å². The van der Waals surface area contributed by atoms with Gasteiger partial charge >= 0.3 is 0 Å². The average Bonchev–Trinajstić information content (AvgIpc) is 2.82. The summed E-state index contributed by atoms with van der Waals surface area (Å²) in [6, 6.07) is 6.49. The van der Waals surface area contributed by atoms with Crippen molar-refractivity contribution in [1.29, 1.82) is 0 Å². The minimum Gasteiger partial charge on any atom is -0.321 e. The summed E-state index contributed by atoms with van der Waals surface area (Å²) in [5, 5.41) is 10.6. The van der Waals surface area contributed by atoms with Crippen LogP contribution in [0.1, 0.15) is 18.3 Å². The minimum absolute atomic E-state index is 0.152. The topological polar surface area (TPSA) is 80.5 Å². The van der Waals surface area contributed by atoms with Crippen LogP contribution in [0.25, 0.3) is 0 Å². The van der Waals surface area contributed by atoms with Crippen LogP contribution in [0.4, 0.5) is 11.4 Å². The van der Waals surface area contributed by atoms with Crippen LogP contribution in [0.2, 0.25) is 5.02 Å². The first-order valence-electron chi connectivity index (χ1n) is 8.37. The molecule has 0 bridgehead atoms. The molecule has 0 saturated carbocycles. The molecule has 1 heterocycles. The highest BCUT2D eigenvalue weighted by atomic mass is 35.5. The Bertz CT molecular complexity index is 801. The molecule has 2 aromatic rings. The normalized spacial score (nSPS) is 13.2. The highest BCUT2D eigenvalue weighted by Crippen LogP contribution is 2.18. The molecule has 2 amide bonds. The Morgan fingerprint density at radius 2 is 1.85 bits per heavy atom. The number of amides is 2. The third-order valence-corrected chi connectivity index (χ3v) is 4.71. The molecule has 26 heavy (non-hydrogen) atoms. The summed E-state index contributed by atoms with van der Waals surface area (Å²) < 4.78 is 1.73. The molecule has 0 spiro atoms. The van der Waals surface area contributed by atoms with E-state index in [1.165, 1.54) is 0 Å². The van der Waals surface area contributed by atoms with Gasteiger partial charge in [0.15, 0.2) is 12.6 Å². The third-order valence-electron chi connectivity index (χ3n) is 4.46. The Morgan fingerprint density at radius 3 is 2.38 bits per heavy atom. The molecule has 0 aliphatic carbocycles. The molecule has 0 fully saturated rings. The van der Waals surface area contributed by atoms with Gasteiger partial charge in [-0.3, -0.25) is 14.3 Å². The van der Waals surface area contributed by atoms with E-state index in [1.807, 2.05) is 27.9 Å². The number of hydrogen-bond donors (Lipinski definition) is 3. The fraction of sp³-hybridized carbons (Fsp3) is 0.389. The first-order valence-corrected chi connectivity index (χ1v) is 8.75. The number of likely N-dealkylation sites (N-methyl/N-ethyl adjacent to an activating group) is 1. The maximum absolute atomic E-state index is 12.5. The number of quaternary nitrogens is 1. The number of rotatable bonds is 6. The van der Waals surface area contributed by atoms with E-state index < -0.39 is 6.04 Å². The fourth-order valence-corrected chi connectivity index (χ4v) is 2.68. The lowest BCUT2D eigenvalue weighted by atomic mass is 10.2. The van der Waals surface area contributed by atoms with Gasteiger partial charge in [0.1, 0.15) is 0 Å². The Kier molecular flexibility index (Phi) is 6.39. The van der Waals surface area contributed by atoms with E-state index in [0.29, 0.717) is 10.7 Å². The smallest absolute Gasteiger partial charge is 0.282 e. The lowest BCUT2D eigenvalue weighted by Gasteiger charge is -2.20. The number of nitrogens with one attached hydrogen (secondary N) is 3. The maximum atomic E-state index is 12.5. The highest BCUT2D eigenvalue weighted by Gasteiger charge is 2.25. The molecule has 0 radical (unpaired) electrons. The number of carbonyl (C=O) groups is 2. The van der Waals surface area contributed by atoms with Gasteiger partial charge in [-0.25, -0.2) is 0 Å². The van der Waals surface area contributed by atoms with E-state index in [1.54, 1.807) is 35.9 Å². The standard InChI is InChI=1S/C18H24ClN5O2/c1-11-17(12(2)24(5)22-11)21-18(26)13(3)23(4)10-16(25)20-15-8-6-14(19)7-9-15/h6-9,13H,10H2,1-5H3,(H,20,25)(H,21,26)/p+1/t13-/m0/s1. The van der Waals surface area contributed by atoms with Crippen LogP contribution in [0, 0.1) is 13.8 Å². The van der Waals surface area contributed by atoms with Crippen molar-refractivity contribution in [2.24, 2.45) is 7.05 Å². The zero-order valence-electron chi connectivity index (χ0n) is 15.7. The molecule has 2 atom stereocenters. The molecule has 0 aliphatic heterocycles. The molecule has 3 N–H and O–H groups in total. The van der Waals surface area contributed by atoms with Crippen LogP contribution in [0.5, 0.6) is 0 Å². The van der Waals surface area contributed by atoms with Crippen LogP contribution in [0.15, 0.2) is 24.3 Å². The van der Waals surface area contributed by atoms with Crippen molar-refractivity contribution >= 4 is 34.8 Å². The summed E-state index contributed by atoms with van der Waals surface area (Å²) in [5.41, 5.74) is 3.05. The number of benzene rings is 1. The molecule has 7 nitrogen and oxygen atoms in total. The number of nitrogens with zero attached hydrogens (tertiary/aromatic N) is 2. The lowest BCUT2D eigenvalue weighted by Crippen LogP contribution is -3.14. The zero-order chi connectivity index (χ0) is 19.4. The molecule has 0 saturated heterocycles. The van der Waals surface area contributed by atoms with Crippen molar-refractivity contribution in [1.82, 2.24) is 9.78 Å². The molecule has 0 aliphatic rings. The number of halogens is 1. The second-order valence-electron chi connectivity index (χ2n) is 6.46. The third kappa shape index (κ3) is 4.83. The van der Waals surface area contributed by atoms with Gasteiger partial charge in [0, 0.05) is 17.8 Å². The first kappa shape index (κ1) is 19.9. The summed E-state index contributed by atoms with van der Waals surface area (Å²) in [4.78, 5) is 25.5. The van der Waals surface area contributed by atoms with Crippen molar-refractivity contribution in [3.63, 3.8) is 0 Å². The monoisotopic (exact) mass is 378 g/mol. The van der Waals surface area contributed by atoms with Crippen LogP contribution < -0.4 is 15.5 Å². The summed E-state index contributed by atoms with van der Waals surface area (Å²) >= 11 is 5.83. The zero-order valence-corrected chi connectivity index (χ0v) is 16.4. The van der Waals surface area contributed by atoms with Crippen LogP contribution >= 0.6 is 11.6 Å². The summed E-state index contributed by atoms with van der Waals surface area (Å²) in [5.74, 6) is -0.320. The van der Waals surface area contributed by atoms with Crippen LogP contribution in [0.3, 0.4) is 0 Å². The van der Waals surface area contributed by atoms with Crippen molar-refractivity contribution in [2.75, 3.05) is 24.2 Å². The van der Waals surface area contributed by atoms with Gasteiger partial charge in [0.2, 0.25) is 0 Å². The van der Waals surface area contributed by atoms with Crippen molar-refractivity contribution in [3.8, 4) is 0 Å². The van der Waals surface area contributed by atoms with E-state index in [4.69, 9.17) is 11.6 Å². The number of aryl methyl sites for hydroxylation is 2. The maximum Gasteiger partial charge on any atom is 0.282 e. The SMILES string of the molecule is Cc1nn(C)c(C)c1NC(=O)[C@H](C)[NH+](C)CC(=O)Nc1ccc(Cl)cc1. The van der Waals surface area contributed by atoms with E-state index in [2.05, 4.69) is 15.7 Å². The van der Waals surface area contributed by atoms with Crippen molar-refractivity contribution in [2.45, 2.75) is 26.8 Å². The van der Waals surface area contributed by atoms with Gasteiger partial charge < -0.3 is 15.5 Å². The average molecular weight is 379 g/mol. The second kappa shape index (κ2) is 8.33. The fourth-order valence-electron chi connectivity index (χ4n) is 2.55. The molecule has 140 valence electrons. The number of carbonyl (C=O) groups excluding carboxylic acids is 2. The Labute approximate surface area is 158 Å². The van der Waals surface area contributed by atoms with Crippen molar-refractivity contribution in [3.05, 3.63) is 40.7 Å². The molecule has 2 rings (SSSR count). The molecule has 1 aromatic carbocycles. The number of hydrogen-bond acceptors (Lipinski definition) is 3. The van der Waals surface area contributed by atoms with Gasteiger partial charge in [-0.2, -0.15) is 5.10 Å². The first-order chi connectivity index (χ1) is 12.2. The summed E-state index contributed by atoms with van der Waals surface area (Å²) in [6.07, 6.45) is 0. The Morgan fingerprint density at radius 1 is 1.23 bits per heavy atom. The number of anilines is 2. The molecular weight excluding hydrogens is 354 g/mol. The largest absolute Gasteiger partial charge is 0.321 e. The highest BCUT2D eigenvalue weighted by molar-refractivity contribution is 6.30. The van der Waals surface area contributed by atoms with E-state index in [0.717, 1.165) is 22.0 Å². The number of aromatic nitrogens is 2. The molecular formula is C18H25ClN5O2+. The second-order valence-corrected chi connectivity index (χ2v) is 6.90. The van der Waals surface area contributed by atoms with E-state index >= 15 is 0 Å². The van der Waals surface area contributed by atoms with E-state index in [-0.39, 0.29) is 18.4 Å². The molecule has 1 unspecified atom stereocenters. The van der Waals surface area contributed by atoms with Crippen LogP contribution in [-0.2, 0) is 16.6 Å². The van der Waals surface area contributed by atoms with Gasteiger partial charge in [0.25, 0.3) is 11.8 Å². The van der Waals surface area contributed by atoms with Gasteiger partial charge in [-0.15, -0.1) is 0 Å². The predicted molar refractivity (Wildman–Crippen MR) is 103 cm³/mol. The summed E-state index contributed by atoms with van der Waals surface area (Å²) in [6.45, 7) is 5.71. The minimum atomic E-state index is -0.398. The Hall–Kier alpha value is -2.38. The Balaban J connectivity index is 1.93. The van der Waals surface area contributed by atoms with Gasteiger partial charge in [0.05, 0.1) is 24.1 Å². The summed E-state index contributed by atoms with van der Waals surface area (Å²) in [7, 11) is 3.65. The predicted octanol–water partition coefficient (Wildman–Crippen LogP) is 1.17.